The van der Waals surface area contributed by atoms with Gasteiger partial charge in [-0.1, -0.05) is 6.42 Å². The second-order valence-electron chi connectivity index (χ2n) is 7.87. The van der Waals surface area contributed by atoms with E-state index >= 15 is 0 Å². The Kier molecular flexibility index (Phi) is 15.4. The molecule has 0 saturated carbocycles. The zero-order valence-electron chi connectivity index (χ0n) is 19.2. The van der Waals surface area contributed by atoms with Gasteiger partial charge in [0.15, 0.2) is 0 Å². The molecular formula is C20H39N7O6. The van der Waals surface area contributed by atoms with Crippen molar-refractivity contribution in [2.45, 2.75) is 82.5 Å². The van der Waals surface area contributed by atoms with Crippen molar-refractivity contribution < 1.29 is 29.1 Å². The number of amides is 4. The van der Waals surface area contributed by atoms with Crippen LogP contribution in [0.1, 0.15) is 58.3 Å². The van der Waals surface area contributed by atoms with Crippen LogP contribution >= 0.6 is 0 Å². The van der Waals surface area contributed by atoms with Crippen LogP contribution in [0, 0.1) is 0 Å². The highest BCUT2D eigenvalue weighted by molar-refractivity contribution is 5.93. The van der Waals surface area contributed by atoms with E-state index in [-0.39, 0.29) is 19.3 Å². The number of carboxylic acid groups (broad SMARTS) is 1. The summed E-state index contributed by atoms with van der Waals surface area (Å²) in [6.45, 7) is 2.28. The van der Waals surface area contributed by atoms with Crippen LogP contribution in [0.25, 0.3) is 0 Å². The molecule has 0 aliphatic heterocycles. The van der Waals surface area contributed by atoms with Gasteiger partial charge in [0, 0.05) is 6.42 Å². The van der Waals surface area contributed by atoms with E-state index in [1.165, 1.54) is 6.92 Å². The van der Waals surface area contributed by atoms with Gasteiger partial charge in [-0.15, -0.1) is 0 Å². The minimum Gasteiger partial charge on any atom is -0.480 e. The molecule has 4 unspecified atom stereocenters. The molecule has 0 bridgehead atoms. The monoisotopic (exact) mass is 473 g/mol. The van der Waals surface area contributed by atoms with Crippen molar-refractivity contribution in [1.82, 2.24) is 16.0 Å². The number of nitrogens with two attached hydrogens (primary N) is 4. The number of hydrogen-bond donors (Lipinski definition) is 8. The smallest absolute Gasteiger partial charge is 0.326 e. The van der Waals surface area contributed by atoms with Gasteiger partial charge in [0.05, 0.1) is 6.04 Å². The zero-order valence-corrected chi connectivity index (χ0v) is 19.2. The normalized spacial score (nSPS) is 14.4. The van der Waals surface area contributed by atoms with E-state index in [0.29, 0.717) is 38.8 Å². The first-order valence-corrected chi connectivity index (χ1v) is 11.1. The first-order chi connectivity index (χ1) is 15.5. The quantitative estimate of drug-likeness (QED) is 0.0970. The predicted octanol–water partition coefficient (Wildman–Crippen LogP) is -2.60. The molecule has 0 aliphatic carbocycles. The minimum absolute atomic E-state index is 0.184. The summed E-state index contributed by atoms with van der Waals surface area (Å²) < 4.78 is 0. The van der Waals surface area contributed by atoms with Gasteiger partial charge in [-0.3, -0.25) is 19.2 Å². The van der Waals surface area contributed by atoms with Gasteiger partial charge in [-0.25, -0.2) is 4.79 Å². The third-order valence-electron chi connectivity index (χ3n) is 4.93. The standard InChI is InChI=1S/C20H39N7O6/c1-12(17(29)27-15(20(32)33)8-9-16(24)28)25-19(31)14(7-3-5-11-22)26-18(30)13(23)6-2-4-10-21/h12-15H,2-11,21-23H2,1H3,(H2,24,28)(H,25,31)(H,26,30)(H,27,29)(H,32,33). The molecule has 0 aliphatic rings. The lowest BCUT2D eigenvalue weighted by Crippen LogP contribution is -2.56. The van der Waals surface area contributed by atoms with Crippen LogP contribution in [0.4, 0.5) is 0 Å². The van der Waals surface area contributed by atoms with Crippen molar-refractivity contribution in [2.24, 2.45) is 22.9 Å². The highest BCUT2D eigenvalue weighted by atomic mass is 16.4. The maximum atomic E-state index is 12.7. The molecule has 13 nitrogen and oxygen atoms in total. The van der Waals surface area contributed by atoms with Crippen LogP contribution in [0.3, 0.4) is 0 Å². The third-order valence-corrected chi connectivity index (χ3v) is 4.93. The fourth-order valence-electron chi connectivity index (χ4n) is 2.90. The topological polar surface area (TPSA) is 246 Å². The fourth-order valence-corrected chi connectivity index (χ4v) is 2.90. The number of rotatable bonds is 18. The SMILES string of the molecule is CC(NC(=O)C(CCCCN)NC(=O)C(N)CCCCN)C(=O)NC(CCC(N)=O)C(=O)O. The molecule has 0 heterocycles. The number of carboxylic acids is 1. The van der Waals surface area contributed by atoms with Crippen molar-refractivity contribution in [2.75, 3.05) is 13.1 Å². The average Bonchev–Trinajstić information content (AvgIpc) is 2.75. The Balaban J connectivity index is 5.02. The summed E-state index contributed by atoms with van der Waals surface area (Å²) in [7, 11) is 0. The van der Waals surface area contributed by atoms with Gasteiger partial charge in [0.25, 0.3) is 0 Å². The maximum absolute atomic E-state index is 12.7. The number of primary amides is 1. The van der Waals surface area contributed by atoms with E-state index in [1.807, 2.05) is 0 Å². The fraction of sp³-hybridized carbons (Fsp3) is 0.750. The highest BCUT2D eigenvalue weighted by Crippen LogP contribution is 2.05. The van der Waals surface area contributed by atoms with Crippen LogP contribution in [-0.2, 0) is 24.0 Å². The highest BCUT2D eigenvalue weighted by Gasteiger charge is 2.28. The van der Waals surface area contributed by atoms with Gasteiger partial charge in [0.2, 0.25) is 23.6 Å². The van der Waals surface area contributed by atoms with E-state index in [9.17, 15) is 29.1 Å². The molecule has 0 aromatic rings. The number of carbonyl (C=O) groups is 5. The number of hydrogen-bond acceptors (Lipinski definition) is 8. The summed E-state index contributed by atoms with van der Waals surface area (Å²) in [4.78, 5) is 59.7. The molecular weight excluding hydrogens is 434 g/mol. The molecule has 13 heteroatoms. The van der Waals surface area contributed by atoms with Crippen molar-refractivity contribution in [3.8, 4) is 0 Å². The first-order valence-electron chi connectivity index (χ1n) is 11.1. The van der Waals surface area contributed by atoms with E-state index in [2.05, 4.69) is 16.0 Å². The van der Waals surface area contributed by atoms with Crippen molar-refractivity contribution in [1.29, 1.82) is 0 Å². The molecule has 33 heavy (non-hydrogen) atoms. The Morgan fingerprint density at radius 1 is 0.758 bits per heavy atom. The summed E-state index contributed by atoms with van der Waals surface area (Å²) in [5.41, 5.74) is 21.8. The Morgan fingerprint density at radius 2 is 1.30 bits per heavy atom. The summed E-state index contributed by atoms with van der Waals surface area (Å²) in [6.07, 6.45) is 2.90. The van der Waals surface area contributed by atoms with Gasteiger partial charge in [-0.2, -0.15) is 0 Å². The number of aliphatic carboxylic acids is 1. The van der Waals surface area contributed by atoms with Gasteiger partial charge >= 0.3 is 5.97 Å². The van der Waals surface area contributed by atoms with Crippen molar-refractivity contribution >= 4 is 29.6 Å². The summed E-state index contributed by atoms with van der Waals surface area (Å²) in [5.74, 6) is -3.89. The molecule has 190 valence electrons. The van der Waals surface area contributed by atoms with Crippen LogP contribution in [-0.4, -0.2) is 72.0 Å². The number of carbonyl (C=O) groups excluding carboxylic acids is 4. The van der Waals surface area contributed by atoms with Gasteiger partial charge < -0.3 is 44.0 Å². The molecule has 0 fully saturated rings. The van der Waals surface area contributed by atoms with E-state index in [4.69, 9.17) is 22.9 Å². The van der Waals surface area contributed by atoms with E-state index < -0.39 is 53.8 Å². The lowest BCUT2D eigenvalue weighted by Gasteiger charge is -2.23. The number of nitrogens with one attached hydrogen (secondary N) is 3. The second-order valence-corrected chi connectivity index (χ2v) is 7.87. The first kappa shape index (κ1) is 30.2. The second kappa shape index (κ2) is 16.8. The Hall–Kier alpha value is -2.77. The number of unbranched alkanes of at least 4 members (excludes halogenated alkanes) is 2. The third kappa shape index (κ3) is 13.4. The summed E-state index contributed by atoms with van der Waals surface area (Å²) >= 11 is 0. The molecule has 0 saturated heterocycles. The molecule has 4 atom stereocenters. The van der Waals surface area contributed by atoms with Gasteiger partial charge in [-0.05, 0) is 58.5 Å². The van der Waals surface area contributed by atoms with Crippen LogP contribution in [0.5, 0.6) is 0 Å². The Labute approximate surface area is 193 Å². The molecule has 0 aromatic heterocycles. The molecule has 0 aromatic carbocycles. The summed E-state index contributed by atoms with van der Waals surface area (Å²) in [6, 6.07) is -4.18. The van der Waals surface area contributed by atoms with Crippen molar-refractivity contribution in [3.05, 3.63) is 0 Å². The van der Waals surface area contributed by atoms with Crippen LogP contribution in [0.15, 0.2) is 0 Å². The average molecular weight is 474 g/mol. The van der Waals surface area contributed by atoms with Gasteiger partial charge in [0.1, 0.15) is 18.1 Å². The Morgan fingerprint density at radius 3 is 1.82 bits per heavy atom. The Bertz CT molecular complexity index is 661. The van der Waals surface area contributed by atoms with E-state index in [0.717, 1.165) is 6.42 Å². The zero-order chi connectivity index (χ0) is 25.4. The van der Waals surface area contributed by atoms with Crippen molar-refractivity contribution in [3.63, 3.8) is 0 Å². The molecule has 4 amide bonds. The summed E-state index contributed by atoms with van der Waals surface area (Å²) in [5, 5.41) is 16.6. The molecule has 0 rings (SSSR count). The molecule has 0 spiro atoms. The lowest BCUT2D eigenvalue weighted by atomic mass is 10.1. The maximum Gasteiger partial charge on any atom is 0.326 e. The molecule has 0 radical (unpaired) electrons. The lowest BCUT2D eigenvalue weighted by molar-refractivity contribution is -0.142. The van der Waals surface area contributed by atoms with E-state index in [1.54, 1.807) is 0 Å². The molecule has 12 N–H and O–H groups in total. The van der Waals surface area contributed by atoms with Crippen LogP contribution < -0.4 is 38.9 Å². The predicted molar refractivity (Wildman–Crippen MR) is 121 cm³/mol. The largest absolute Gasteiger partial charge is 0.480 e. The van der Waals surface area contributed by atoms with Crippen LogP contribution in [0.2, 0.25) is 0 Å². The minimum atomic E-state index is -1.34.